The summed E-state index contributed by atoms with van der Waals surface area (Å²) in [6.45, 7) is 14.8. The van der Waals surface area contributed by atoms with Crippen LogP contribution in [0, 0.1) is 5.82 Å². The van der Waals surface area contributed by atoms with Crippen LogP contribution >= 0.6 is 11.6 Å². The maximum Gasteiger partial charge on any atom is 0.247 e. The Labute approximate surface area is 285 Å². The lowest BCUT2D eigenvalue weighted by molar-refractivity contribution is -0.111. The van der Waals surface area contributed by atoms with E-state index < -0.39 is 11.9 Å². The number of anilines is 5. The summed E-state index contributed by atoms with van der Waals surface area (Å²) in [5.74, 6) is 0.710. The van der Waals surface area contributed by atoms with Crippen LogP contribution in [0.5, 0.6) is 5.75 Å². The molecule has 2 N–H and O–H groups in total. The van der Waals surface area contributed by atoms with E-state index in [4.69, 9.17) is 21.2 Å². The number of ether oxygens (including phenoxy) is 1. The molecule has 1 amide bonds. The van der Waals surface area contributed by atoms with Crippen LogP contribution in [0.15, 0.2) is 68.0 Å². The number of benzene rings is 2. The van der Waals surface area contributed by atoms with Gasteiger partial charge in [-0.1, -0.05) is 36.4 Å². The van der Waals surface area contributed by atoms with Crippen LogP contribution in [0.4, 0.5) is 33.1 Å². The van der Waals surface area contributed by atoms with Crippen LogP contribution in [-0.2, 0) is 9.63 Å². The molecule has 1 atom stereocenters. The third-order valence-electron chi connectivity index (χ3n) is 9.26. The molecule has 3 aliphatic rings. The van der Waals surface area contributed by atoms with E-state index >= 15 is 0 Å². The molecule has 0 spiro atoms. The van der Waals surface area contributed by atoms with Crippen LogP contribution in [0.3, 0.4) is 0 Å². The van der Waals surface area contributed by atoms with Gasteiger partial charge in [0.25, 0.3) is 0 Å². The Balaban J connectivity index is 1.20. The summed E-state index contributed by atoms with van der Waals surface area (Å²) >= 11 is 6.07. The van der Waals surface area contributed by atoms with Gasteiger partial charge in [-0.2, -0.15) is 0 Å². The van der Waals surface area contributed by atoms with Crippen LogP contribution < -0.4 is 25.3 Å². The van der Waals surface area contributed by atoms with Crippen molar-refractivity contribution in [3.63, 3.8) is 0 Å². The van der Waals surface area contributed by atoms with E-state index in [1.54, 1.807) is 30.4 Å². The molecule has 13 heteroatoms. The smallest absolute Gasteiger partial charge is 0.247 e. The van der Waals surface area contributed by atoms with Gasteiger partial charge in [-0.3, -0.25) is 19.4 Å². The van der Waals surface area contributed by atoms with Crippen molar-refractivity contribution in [3.05, 3.63) is 84.4 Å². The van der Waals surface area contributed by atoms with Crippen LogP contribution in [0.2, 0.25) is 5.02 Å². The zero-order chi connectivity index (χ0) is 33.6. The zero-order valence-corrected chi connectivity index (χ0v) is 28.0. The van der Waals surface area contributed by atoms with Gasteiger partial charge in [-0.05, 0) is 31.1 Å². The molecular formula is C35H42ClFN8O3. The molecule has 3 saturated heterocycles. The molecular weight excluding hydrogens is 635 g/mol. The van der Waals surface area contributed by atoms with Crippen LogP contribution in [-0.4, -0.2) is 91.2 Å². The monoisotopic (exact) mass is 676 g/mol. The molecule has 11 nitrogen and oxygen atoms in total. The van der Waals surface area contributed by atoms with Crippen molar-refractivity contribution < 1.29 is 18.8 Å². The highest BCUT2D eigenvalue weighted by Gasteiger charge is 2.32. The Bertz CT molecular complexity index is 1630. The molecule has 254 valence electrons. The van der Waals surface area contributed by atoms with E-state index in [2.05, 4.69) is 48.5 Å². The third kappa shape index (κ3) is 7.41. The molecule has 2 aromatic carbocycles. The molecule has 0 saturated carbocycles. The Morgan fingerprint density at radius 1 is 1.08 bits per heavy atom. The highest BCUT2D eigenvalue weighted by molar-refractivity contribution is 6.30. The SMILES string of the molecule is C=CCN1CCN(C2CCN(c3cc(OC)c(Nc4cc(N5OCCC5c5cccc(Cl)c5F)ncn4)cc3NC(=O)C=C)CC2)CC1. The van der Waals surface area contributed by atoms with Crippen LogP contribution in [0.1, 0.15) is 30.9 Å². The predicted molar refractivity (Wildman–Crippen MR) is 188 cm³/mol. The van der Waals surface area contributed by atoms with Crippen molar-refractivity contribution in [2.24, 2.45) is 0 Å². The standard InChI is InChI=1S/C35H42ClFN8O3/c1-4-12-42-15-17-43(18-16-42)24-9-13-44(14-10-24)30-21-31(47-3)28(20-27(30)41-34(46)5-2)40-32-22-33(39-23-38-32)45-29(11-19-48-45)25-7-6-8-26(36)35(25)37/h4-8,20-24,29H,1-2,9-19H2,3H3,(H,41,46)(H,38,39,40). The van der Waals surface area contributed by atoms with Crippen molar-refractivity contribution in [1.29, 1.82) is 0 Å². The second kappa shape index (κ2) is 15.3. The van der Waals surface area contributed by atoms with E-state index in [9.17, 15) is 9.18 Å². The zero-order valence-electron chi connectivity index (χ0n) is 27.2. The number of hydroxylamine groups is 1. The maximum atomic E-state index is 14.9. The quantitative estimate of drug-likeness (QED) is 0.192. The number of nitrogens with one attached hydrogen (secondary N) is 2. The van der Waals surface area contributed by atoms with Crippen molar-refractivity contribution in [1.82, 2.24) is 19.8 Å². The molecule has 0 bridgehead atoms. The fourth-order valence-corrected chi connectivity index (χ4v) is 6.96. The van der Waals surface area contributed by atoms with Gasteiger partial charge in [0.1, 0.15) is 23.7 Å². The summed E-state index contributed by atoms with van der Waals surface area (Å²) < 4.78 is 20.8. The lowest BCUT2D eigenvalue weighted by atomic mass is 10.0. The van der Waals surface area contributed by atoms with E-state index in [-0.39, 0.29) is 10.9 Å². The highest BCUT2D eigenvalue weighted by atomic mass is 35.5. The second-order valence-corrected chi connectivity index (χ2v) is 12.5. The second-order valence-electron chi connectivity index (χ2n) is 12.1. The number of hydrogen-bond acceptors (Lipinski definition) is 10. The van der Waals surface area contributed by atoms with E-state index in [1.807, 2.05) is 18.2 Å². The number of piperidine rings is 1. The van der Waals surface area contributed by atoms with Crippen molar-refractivity contribution in [2.75, 3.05) is 80.1 Å². The first-order valence-corrected chi connectivity index (χ1v) is 16.7. The minimum absolute atomic E-state index is 0.0571. The summed E-state index contributed by atoms with van der Waals surface area (Å²) in [4.78, 5) is 34.6. The van der Waals surface area contributed by atoms with Crippen LogP contribution in [0.25, 0.3) is 0 Å². The molecule has 3 fully saturated rings. The number of rotatable bonds is 11. The molecule has 48 heavy (non-hydrogen) atoms. The summed E-state index contributed by atoms with van der Waals surface area (Å²) in [5, 5.41) is 7.95. The number of hydrogen-bond donors (Lipinski definition) is 2. The first-order valence-electron chi connectivity index (χ1n) is 16.3. The number of carbonyl (C=O) groups is 1. The fraction of sp³-hybridized carbons (Fsp3) is 0.400. The average Bonchev–Trinajstić information content (AvgIpc) is 3.60. The van der Waals surface area contributed by atoms with E-state index in [1.165, 1.54) is 18.5 Å². The summed E-state index contributed by atoms with van der Waals surface area (Å²) in [5.41, 5.74) is 2.54. The number of carbonyl (C=O) groups excluding carboxylic acids is 1. The van der Waals surface area contributed by atoms with E-state index in [0.29, 0.717) is 53.4 Å². The van der Waals surface area contributed by atoms with E-state index in [0.717, 1.165) is 64.3 Å². The van der Waals surface area contributed by atoms with Gasteiger partial charge in [0.05, 0.1) is 41.8 Å². The molecule has 1 unspecified atom stereocenters. The number of piperazine rings is 1. The van der Waals surface area contributed by atoms with Crippen molar-refractivity contribution in [3.8, 4) is 5.75 Å². The Morgan fingerprint density at radius 3 is 2.60 bits per heavy atom. The first-order chi connectivity index (χ1) is 23.4. The summed E-state index contributed by atoms with van der Waals surface area (Å²) in [7, 11) is 1.61. The lowest BCUT2D eigenvalue weighted by Crippen LogP contribution is -2.53. The average molecular weight is 677 g/mol. The number of amides is 1. The summed E-state index contributed by atoms with van der Waals surface area (Å²) in [6.07, 6.45) is 7.26. The molecule has 3 aliphatic heterocycles. The molecule has 1 aromatic heterocycles. The molecule has 0 radical (unpaired) electrons. The minimum Gasteiger partial charge on any atom is -0.494 e. The van der Waals surface area contributed by atoms with Crippen molar-refractivity contribution in [2.45, 2.75) is 31.3 Å². The maximum absolute atomic E-state index is 14.9. The first kappa shape index (κ1) is 33.7. The van der Waals surface area contributed by atoms with Gasteiger partial charge in [-0.25, -0.2) is 19.4 Å². The summed E-state index contributed by atoms with van der Waals surface area (Å²) in [6, 6.07) is 10.6. The Kier molecular flexibility index (Phi) is 10.8. The molecule has 3 aromatic rings. The normalized spacial score (nSPS) is 19.3. The highest BCUT2D eigenvalue weighted by Crippen LogP contribution is 2.41. The fourth-order valence-electron chi connectivity index (χ4n) is 6.78. The lowest BCUT2D eigenvalue weighted by Gasteiger charge is -2.43. The predicted octanol–water partition coefficient (Wildman–Crippen LogP) is 5.80. The van der Waals surface area contributed by atoms with Gasteiger partial charge in [0, 0.05) is 76.0 Å². The van der Waals surface area contributed by atoms with Gasteiger partial charge in [0.2, 0.25) is 5.91 Å². The largest absolute Gasteiger partial charge is 0.494 e. The molecule has 0 aliphatic carbocycles. The minimum atomic E-state index is -0.475. The number of halogens is 2. The van der Waals surface area contributed by atoms with Gasteiger partial charge in [0.15, 0.2) is 5.82 Å². The van der Waals surface area contributed by atoms with Crippen molar-refractivity contribution >= 4 is 46.2 Å². The number of nitrogens with zero attached hydrogens (tertiary/aromatic N) is 6. The third-order valence-corrected chi connectivity index (χ3v) is 9.56. The Hall–Kier alpha value is -4.23. The Morgan fingerprint density at radius 2 is 1.88 bits per heavy atom. The number of methoxy groups -OCH3 is 1. The van der Waals surface area contributed by atoms with Gasteiger partial charge in [-0.15, -0.1) is 6.58 Å². The number of aromatic nitrogens is 2. The molecule has 6 rings (SSSR count). The topological polar surface area (TPSA) is 98.3 Å². The van der Waals surface area contributed by atoms with Gasteiger partial charge >= 0.3 is 0 Å². The molecule has 4 heterocycles. The van der Waals surface area contributed by atoms with Gasteiger partial charge < -0.3 is 20.3 Å².